The summed E-state index contributed by atoms with van der Waals surface area (Å²) in [7, 11) is 6.12. The van der Waals surface area contributed by atoms with E-state index in [1.165, 1.54) is 0 Å². The van der Waals surface area contributed by atoms with Gasteiger partial charge in [0.25, 0.3) is 0 Å². The van der Waals surface area contributed by atoms with E-state index < -0.39 is 0 Å². The molecule has 98 valence electrons. The van der Waals surface area contributed by atoms with Crippen LogP contribution in [0.2, 0.25) is 0 Å². The third-order valence-corrected chi connectivity index (χ3v) is 2.44. The normalized spacial score (nSPS) is 11.2. The first-order chi connectivity index (χ1) is 7.81. The zero-order chi connectivity index (χ0) is 12.1. The third kappa shape index (κ3) is 11.9. The molecule has 0 saturated carbocycles. The minimum Gasteiger partial charge on any atom is -0.318 e. The largest absolute Gasteiger partial charge is 0.318 e. The average Bonchev–Trinajstić information content (AvgIpc) is 2.30. The van der Waals surface area contributed by atoms with E-state index in [1.54, 1.807) is 0 Å². The summed E-state index contributed by atoms with van der Waals surface area (Å²) >= 11 is 0. The molecule has 0 spiro atoms. The van der Waals surface area contributed by atoms with Gasteiger partial charge < -0.3 is 26.2 Å². The van der Waals surface area contributed by atoms with Crippen molar-refractivity contribution in [2.75, 3.05) is 73.5 Å². The van der Waals surface area contributed by atoms with Gasteiger partial charge in [-0.25, -0.2) is 0 Å². The molecule has 0 aliphatic rings. The first-order valence-corrected chi connectivity index (χ1v) is 6.20. The van der Waals surface area contributed by atoms with Crippen LogP contribution in [-0.2, 0) is 0 Å². The smallest absolute Gasteiger partial charge is 0.0104 e. The van der Waals surface area contributed by atoms with Gasteiger partial charge in [0.1, 0.15) is 0 Å². The van der Waals surface area contributed by atoms with Crippen LogP contribution < -0.4 is 21.3 Å². The quantitative estimate of drug-likeness (QED) is 0.309. The third-order valence-electron chi connectivity index (χ3n) is 2.44. The van der Waals surface area contributed by atoms with Crippen molar-refractivity contribution in [1.82, 2.24) is 26.2 Å². The fourth-order valence-corrected chi connectivity index (χ4v) is 1.32. The highest BCUT2D eigenvalue weighted by atomic mass is 15.1. The maximum Gasteiger partial charge on any atom is 0.0104 e. The zero-order valence-corrected chi connectivity index (χ0v) is 11.1. The molecule has 0 rings (SSSR count). The molecule has 0 fully saturated rings. The summed E-state index contributed by atoms with van der Waals surface area (Å²) in [6, 6.07) is 0. The van der Waals surface area contributed by atoms with Gasteiger partial charge in [-0.1, -0.05) is 0 Å². The van der Waals surface area contributed by atoms with Crippen molar-refractivity contribution in [3.05, 3.63) is 0 Å². The summed E-state index contributed by atoms with van der Waals surface area (Å²) in [6.07, 6.45) is 0. The minimum absolute atomic E-state index is 1.03. The van der Waals surface area contributed by atoms with Crippen molar-refractivity contribution in [2.45, 2.75) is 0 Å². The molecule has 0 aromatic rings. The summed E-state index contributed by atoms with van der Waals surface area (Å²) in [6.45, 7) is 8.51. The monoisotopic (exact) mass is 231 g/mol. The lowest BCUT2D eigenvalue weighted by atomic mass is 10.4. The molecule has 0 radical (unpaired) electrons. The maximum absolute atomic E-state index is 3.42. The van der Waals surface area contributed by atoms with Gasteiger partial charge in [0.15, 0.2) is 0 Å². The molecule has 5 heteroatoms. The Kier molecular flexibility index (Phi) is 12.7. The molecule has 0 saturated heterocycles. The van der Waals surface area contributed by atoms with E-state index in [1.807, 2.05) is 14.1 Å². The van der Waals surface area contributed by atoms with Crippen molar-refractivity contribution in [3.63, 3.8) is 0 Å². The second kappa shape index (κ2) is 12.9. The topological polar surface area (TPSA) is 51.4 Å². The average molecular weight is 231 g/mol. The lowest BCUT2D eigenvalue weighted by Gasteiger charge is -2.16. The van der Waals surface area contributed by atoms with Crippen LogP contribution in [0.3, 0.4) is 0 Å². The van der Waals surface area contributed by atoms with E-state index in [-0.39, 0.29) is 0 Å². The van der Waals surface area contributed by atoms with Gasteiger partial charge in [-0.2, -0.15) is 0 Å². The van der Waals surface area contributed by atoms with Crippen molar-refractivity contribution in [2.24, 2.45) is 0 Å². The summed E-state index contributed by atoms with van der Waals surface area (Å²) in [5, 5.41) is 13.0. The van der Waals surface area contributed by atoms with E-state index in [2.05, 4.69) is 33.2 Å². The Balaban J connectivity index is 3.02. The number of nitrogens with zero attached hydrogens (tertiary/aromatic N) is 1. The summed E-state index contributed by atoms with van der Waals surface area (Å²) in [4.78, 5) is 2.33. The summed E-state index contributed by atoms with van der Waals surface area (Å²) in [5.41, 5.74) is 0. The van der Waals surface area contributed by atoms with Gasteiger partial charge in [0, 0.05) is 52.4 Å². The van der Waals surface area contributed by atoms with Gasteiger partial charge >= 0.3 is 0 Å². The Morgan fingerprint density at radius 1 is 0.688 bits per heavy atom. The van der Waals surface area contributed by atoms with E-state index in [9.17, 15) is 0 Å². The number of hydrogen-bond donors (Lipinski definition) is 4. The molecule has 4 N–H and O–H groups in total. The Labute approximate surface area is 100 Å². The number of rotatable bonds is 12. The molecule has 0 unspecified atom stereocenters. The fraction of sp³-hybridized carbons (Fsp3) is 1.00. The van der Waals surface area contributed by atoms with Gasteiger partial charge in [-0.3, -0.25) is 0 Å². The van der Waals surface area contributed by atoms with Crippen LogP contribution in [0.5, 0.6) is 0 Å². The highest BCUT2D eigenvalue weighted by Gasteiger charge is 1.95. The molecule has 0 aromatic heterocycles. The molecule has 0 amide bonds. The van der Waals surface area contributed by atoms with Gasteiger partial charge in [-0.05, 0) is 21.1 Å². The summed E-state index contributed by atoms with van der Waals surface area (Å²) in [5.74, 6) is 0. The second-order valence-corrected chi connectivity index (χ2v) is 4.01. The van der Waals surface area contributed by atoms with E-state index in [0.29, 0.717) is 0 Å². The highest BCUT2D eigenvalue weighted by molar-refractivity contribution is 4.57. The lowest BCUT2D eigenvalue weighted by Crippen LogP contribution is -2.36. The van der Waals surface area contributed by atoms with Crippen LogP contribution in [0.15, 0.2) is 0 Å². The van der Waals surface area contributed by atoms with Crippen LogP contribution in [0.25, 0.3) is 0 Å². The van der Waals surface area contributed by atoms with Crippen molar-refractivity contribution >= 4 is 0 Å². The fourth-order valence-electron chi connectivity index (χ4n) is 1.32. The number of hydrogen-bond acceptors (Lipinski definition) is 5. The predicted molar refractivity (Wildman–Crippen MR) is 71.1 cm³/mol. The molecule has 5 nitrogen and oxygen atoms in total. The molecular formula is C11H29N5. The Morgan fingerprint density at radius 3 is 1.81 bits per heavy atom. The molecular weight excluding hydrogens is 202 g/mol. The maximum atomic E-state index is 3.42. The van der Waals surface area contributed by atoms with E-state index in [0.717, 1.165) is 52.4 Å². The highest BCUT2D eigenvalue weighted by Crippen LogP contribution is 1.77. The molecule has 16 heavy (non-hydrogen) atoms. The minimum atomic E-state index is 1.03. The number of nitrogens with one attached hydrogen (secondary N) is 4. The van der Waals surface area contributed by atoms with Crippen LogP contribution in [-0.4, -0.2) is 78.4 Å². The molecule has 0 atom stereocenters. The zero-order valence-electron chi connectivity index (χ0n) is 11.1. The molecule has 0 bridgehead atoms. The first kappa shape index (κ1) is 15.8. The van der Waals surface area contributed by atoms with Crippen LogP contribution >= 0.6 is 0 Å². The SMILES string of the molecule is CNCCNCCNCCN(C)CCNC. The molecule has 0 aliphatic carbocycles. The summed E-state index contributed by atoms with van der Waals surface area (Å²) < 4.78 is 0. The standard InChI is InChI=1S/C11H29N5/c1-12-4-5-14-6-7-15-9-11-16(3)10-8-13-2/h12-15H,4-11H2,1-3H3. The molecule has 0 heterocycles. The lowest BCUT2D eigenvalue weighted by molar-refractivity contribution is 0.332. The molecule has 0 aliphatic heterocycles. The second-order valence-electron chi connectivity index (χ2n) is 4.01. The Morgan fingerprint density at radius 2 is 1.19 bits per heavy atom. The van der Waals surface area contributed by atoms with Gasteiger partial charge in [-0.15, -0.1) is 0 Å². The molecule has 0 aromatic carbocycles. The van der Waals surface area contributed by atoms with Crippen molar-refractivity contribution < 1.29 is 0 Å². The van der Waals surface area contributed by atoms with Gasteiger partial charge in [0.2, 0.25) is 0 Å². The van der Waals surface area contributed by atoms with Gasteiger partial charge in [0.05, 0.1) is 0 Å². The van der Waals surface area contributed by atoms with Crippen LogP contribution in [0, 0.1) is 0 Å². The van der Waals surface area contributed by atoms with Crippen LogP contribution in [0.1, 0.15) is 0 Å². The number of likely N-dealkylation sites (N-methyl/N-ethyl adjacent to an activating group) is 3. The Bertz CT molecular complexity index is 132. The van der Waals surface area contributed by atoms with Crippen molar-refractivity contribution in [3.8, 4) is 0 Å². The van der Waals surface area contributed by atoms with Crippen LogP contribution in [0.4, 0.5) is 0 Å². The van der Waals surface area contributed by atoms with E-state index in [4.69, 9.17) is 0 Å². The van der Waals surface area contributed by atoms with E-state index >= 15 is 0 Å². The Hall–Kier alpha value is -0.200. The predicted octanol–water partition coefficient (Wildman–Crippen LogP) is -1.46. The van der Waals surface area contributed by atoms with Crippen molar-refractivity contribution in [1.29, 1.82) is 0 Å². The first-order valence-electron chi connectivity index (χ1n) is 6.20.